The number of aryl methyl sites for hydroxylation is 1. The van der Waals surface area contributed by atoms with Gasteiger partial charge >= 0.3 is 0 Å². The van der Waals surface area contributed by atoms with Crippen LogP contribution in [-0.2, 0) is 6.42 Å². The second-order valence-electron chi connectivity index (χ2n) is 9.49. The molecule has 5 nitrogen and oxygen atoms in total. The van der Waals surface area contributed by atoms with Gasteiger partial charge in [0, 0.05) is 31.6 Å². The summed E-state index contributed by atoms with van der Waals surface area (Å²) in [6.45, 7) is 12.2. The molecule has 1 heterocycles. The first-order valence-electron chi connectivity index (χ1n) is 11.3. The average molecular weight is 411 g/mol. The van der Waals surface area contributed by atoms with E-state index in [1.165, 1.54) is 17.6 Å². The van der Waals surface area contributed by atoms with Crippen LogP contribution in [-0.4, -0.2) is 48.8 Å². The van der Waals surface area contributed by atoms with E-state index in [2.05, 4.69) is 80.4 Å². The summed E-state index contributed by atoms with van der Waals surface area (Å²) >= 11 is 0. The first kappa shape index (κ1) is 22.7. The highest BCUT2D eigenvalue weighted by atomic mass is 16.4. The minimum absolute atomic E-state index is 0.474. The summed E-state index contributed by atoms with van der Waals surface area (Å²) in [6.07, 6.45) is 4.51. The lowest BCUT2D eigenvalue weighted by atomic mass is 9.70. The number of benzene rings is 1. The van der Waals surface area contributed by atoms with Gasteiger partial charge in [0.1, 0.15) is 0 Å². The first-order chi connectivity index (χ1) is 14.3. The molecular weight excluding hydrogens is 372 g/mol. The van der Waals surface area contributed by atoms with Crippen molar-refractivity contribution < 1.29 is 4.42 Å². The van der Waals surface area contributed by atoms with Gasteiger partial charge in [-0.05, 0) is 70.2 Å². The molecule has 3 rings (SSSR count). The van der Waals surface area contributed by atoms with E-state index in [0.29, 0.717) is 29.6 Å². The Hall–Kier alpha value is -1.98. The second-order valence-corrected chi connectivity index (χ2v) is 9.49. The van der Waals surface area contributed by atoms with Crippen LogP contribution in [0, 0.1) is 30.6 Å². The molecule has 1 aromatic heterocycles. The predicted molar refractivity (Wildman–Crippen MR) is 123 cm³/mol. The van der Waals surface area contributed by atoms with Crippen molar-refractivity contribution in [2.75, 3.05) is 33.7 Å². The van der Waals surface area contributed by atoms with Crippen LogP contribution in [0.3, 0.4) is 0 Å². The van der Waals surface area contributed by atoms with E-state index < -0.39 is 0 Å². The normalized spacial score (nSPS) is 22.0. The highest BCUT2D eigenvalue weighted by molar-refractivity contribution is 5.52. The van der Waals surface area contributed by atoms with Crippen LogP contribution in [0.4, 0.5) is 0 Å². The largest absolute Gasteiger partial charge is 0.421 e. The lowest BCUT2D eigenvalue weighted by molar-refractivity contribution is 0.217. The van der Waals surface area contributed by atoms with Crippen LogP contribution in [0.2, 0.25) is 0 Å². The molecular formula is C25H38N4O. The van der Waals surface area contributed by atoms with Crippen molar-refractivity contribution in [1.82, 2.24) is 20.4 Å². The van der Waals surface area contributed by atoms with Gasteiger partial charge in [-0.1, -0.05) is 43.2 Å². The van der Waals surface area contributed by atoms with Crippen molar-refractivity contribution in [2.45, 2.75) is 40.5 Å². The zero-order valence-electron chi connectivity index (χ0n) is 19.5. The van der Waals surface area contributed by atoms with Crippen LogP contribution in [0.5, 0.6) is 0 Å². The molecule has 5 heteroatoms. The Balaban J connectivity index is 1.65. The van der Waals surface area contributed by atoms with Gasteiger partial charge in [-0.2, -0.15) is 0 Å². The number of aromatic nitrogens is 2. The molecule has 2 aromatic rings. The fraction of sp³-hybridized carbons (Fsp3) is 0.600. The zero-order valence-corrected chi connectivity index (χ0v) is 19.5. The van der Waals surface area contributed by atoms with Gasteiger partial charge in [0.15, 0.2) is 0 Å². The Morgan fingerprint density at radius 2 is 1.87 bits per heavy atom. The van der Waals surface area contributed by atoms with E-state index in [0.717, 1.165) is 37.5 Å². The maximum atomic E-state index is 6.02. The summed E-state index contributed by atoms with van der Waals surface area (Å²) < 4.78 is 6.02. The van der Waals surface area contributed by atoms with E-state index in [4.69, 9.17) is 4.42 Å². The summed E-state index contributed by atoms with van der Waals surface area (Å²) in [5.74, 6) is 3.75. The number of allylic oxidation sites excluding steroid dienone is 1. The van der Waals surface area contributed by atoms with Crippen molar-refractivity contribution >= 4 is 0 Å². The number of nitrogens with zero attached hydrogens (tertiary/aromatic N) is 3. The van der Waals surface area contributed by atoms with Crippen molar-refractivity contribution in [2.24, 2.45) is 23.7 Å². The lowest BCUT2D eigenvalue weighted by Gasteiger charge is -2.37. The SMILES string of the molecule is CC1=C[C@@H](CNCCN(C)C)[C@H](C(C)C)C[C@H]1Cc1nnc(-c2ccc(C)cc2)o1. The molecule has 0 amide bonds. The Morgan fingerprint density at radius 1 is 1.13 bits per heavy atom. The monoisotopic (exact) mass is 410 g/mol. The van der Waals surface area contributed by atoms with Gasteiger partial charge in [0.05, 0.1) is 0 Å². The van der Waals surface area contributed by atoms with Crippen LogP contribution >= 0.6 is 0 Å². The molecule has 0 saturated heterocycles. The summed E-state index contributed by atoms with van der Waals surface area (Å²) in [7, 11) is 4.24. The zero-order chi connectivity index (χ0) is 21.7. The van der Waals surface area contributed by atoms with Gasteiger partial charge in [-0.25, -0.2) is 0 Å². The number of rotatable bonds is 9. The maximum absolute atomic E-state index is 6.02. The van der Waals surface area contributed by atoms with E-state index in [1.54, 1.807) is 0 Å². The predicted octanol–water partition coefficient (Wildman–Crippen LogP) is 4.59. The molecule has 0 aliphatic heterocycles. The van der Waals surface area contributed by atoms with Crippen LogP contribution in [0.25, 0.3) is 11.5 Å². The third-order valence-electron chi connectivity index (χ3n) is 6.39. The first-order valence-corrected chi connectivity index (χ1v) is 11.3. The molecule has 1 aliphatic carbocycles. The summed E-state index contributed by atoms with van der Waals surface area (Å²) in [4.78, 5) is 2.22. The number of likely N-dealkylation sites (N-methyl/N-ethyl adjacent to an activating group) is 1. The minimum atomic E-state index is 0.474. The summed E-state index contributed by atoms with van der Waals surface area (Å²) in [5, 5.41) is 12.3. The van der Waals surface area contributed by atoms with Crippen molar-refractivity contribution in [3.05, 3.63) is 47.4 Å². The third-order valence-corrected chi connectivity index (χ3v) is 6.39. The number of hydrogen-bond acceptors (Lipinski definition) is 5. The highest BCUT2D eigenvalue weighted by Crippen LogP contribution is 2.38. The number of hydrogen-bond donors (Lipinski definition) is 1. The Kier molecular flexibility index (Phi) is 7.84. The lowest BCUT2D eigenvalue weighted by Crippen LogP contribution is -2.37. The highest BCUT2D eigenvalue weighted by Gasteiger charge is 2.32. The maximum Gasteiger partial charge on any atom is 0.247 e. The minimum Gasteiger partial charge on any atom is -0.421 e. The standard InChI is InChI=1S/C25H38N4O/c1-17(2)23-14-21(19(4)13-22(23)16-26-11-12-29(5)6)15-24-27-28-25(30-24)20-9-7-18(3)8-10-20/h7-10,13,17,21-23,26H,11-12,14-16H2,1-6H3/t21-,22-,23-/m0/s1. The summed E-state index contributed by atoms with van der Waals surface area (Å²) in [5.41, 5.74) is 3.67. The molecule has 0 bridgehead atoms. The average Bonchev–Trinajstić information content (AvgIpc) is 3.15. The Bertz CT molecular complexity index is 822. The Morgan fingerprint density at radius 3 is 2.53 bits per heavy atom. The van der Waals surface area contributed by atoms with Crippen molar-refractivity contribution in [1.29, 1.82) is 0 Å². The van der Waals surface area contributed by atoms with Crippen LogP contribution < -0.4 is 5.32 Å². The summed E-state index contributed by atoms with van der Waals surface area (Å²) in [6, 6.07) is 8.24. The topological polar surface area (TPSA) is 54.2 Å². The molecule has 0 saturated carbocycles. The molecule has 1 aromatic carbocycles. The quantitative estimate of drug-likeness (QED) is 0.484. The van der Waals surface area contributed by atoms with Gasteiger partial charge in [-0.15, -0.1) is 10.2 Å². The molecule has 1 N–H and O–H groups in total. The second kappa shape index (κ2) is 10.4. The number of nitrogens with one attached hydrogen (secondary N) is 1. The molecule has 164 valence electrons. The van der Waals surface area contributed by atoms with Gasteiger partial charge in [-0.3, -0.25) is 0 Å². The van der Waals surface area contributed by atoms with Crippen LogP contribution in [0.15, 0.2) is 40.3 Å². The molecule has 0 spiro atoms. The smallest absolute Gasteiger partial charge is 0.247 e. The Labute approximate surface area is 182 Å². The van der Waals surface area contributed by atoms with E-state index >= 15 is 0 Å². The fourth-order valence-corrected chi connectivity index (χ4v) is 4.44. The third kappa shape index (κ3) is 6.02. The van der Waals surface area contributed by atoms with Crippen molar-refractivity contribution in [3.63, 3.8) is 0 Å². The molecule has 0 fully saturated rings. The van der Waals surface area contributed by atoms with Gasteiger partial charge in [0.2, 0.25) is 11.8 Å². The molecule has 30 heavy (non-hydrogen) atoms. The van der Waals surface area contributed by atoms with Crippen molar-refractivity contribution in [3.8, 4) is 11.5 Å². The van der Waals surface area contributed by atoms with Gasteiger partial charge in [0.25, 0.3) is 0 Å². The van der Waals surface area contributed by atoms with E-state index in [1.807, 2.05) is 12.1 Å². The van der Waals surface area contributed by atoms with E-state index in [-0.39, 0.29) is 0 Å². The molecule has 0 unspecified atom stereocenters. The van der Waals surface area contributed by atoms with E-state index in [9.17, 15) is 0 Å². The fourth-order valence-electron chi connectivity index (χ4n) is 4.44. The van der Waals surface area contributed by atoms with Gasteiger partial charge < -0.3 is 14.6 Å². The molecule has 3 atom stereocenters. The van der Waals surface area contributed by atoms with Crippen LogP contribution in [0.1, 0.15) is 38.6 Å². The molecule has 0 radical (unpaired) electrons. The molecule has 1 aliphatic rings.